The summed E-state index contributed by atoms with van der Waals surface area (Å²) in [5.74, 6) is -1.26. The Balaban J connectivity index is 1.44. The summed E-state index contributed by atoms with van der Waals surface area (Å²) in [6.07, 6.45) is 2.56. The van der Waals surface area contributed by atoms with Crippen LogP contribution >= 0.6 is 11.6 Å². The number of sulfonamides is 1. The molecule has 0 aliphatic rings. The standard InChI is InChI=1S/C39H35ClN2O5S/c40-31-22-23-34-33(26-31)32(15-9-10-27-18-20-30(21-19-27)39(44)45)35(24-25-41-48(46,47)37-17-8-7-16-36(37)43)42(34)38(28-11-3-1-4-12-28)29-13-5-2-6-14-29/h1-8,11-14,16-23,26,38,41,43H,9-10,15,24-25H2,(H,44,45). The SMILES string of the molecule is O=C(O)c1ccc(CCCc2c(CCNS(=O)(=O)c3ccccc3O)n(C(c3ccccc3)c3ccccc3)c3ccc(Cl)cc23)cc1. The first-order valence-corrected chi connectivity index (χ1v) is 17.6. The van der Waals surface area contributed by atoms with E-state index in [4.69, 9.17) is 11.6 Å². The highest BCUT2D eigenvalue weighted by atomic mass is 35.5. The maximum atomic E-state index is 13.3. The minimum absolute atomic E-state index is 0.0979. The van der Waals surface area contributed by atoms with Crippen molar-refractivity contribution in [2.45, 2.75) is 36.6 Å². The molecule has 0 radical (unpaired) electrons. The number of benzene rings is 5. The molecule has 9 heteroatoms. The second-order valence-electron chi connectivity index (χ2n) is 11.7. The zero-order valence-corrected chi connectivity index (χ0v) is 27.7. The number of phenolic OH excluding ortho intramolecular Hbond substituents is 1. The van der Waals surface area contributed by atoms with E-state index in [2.05, 4.69) is 33.6 Å². The number of carbonyl (C=O) groups is 1. The molecule has 48 heavy (non-hydrogen) atoms. The zero-order valence-electron chi connectivity index (χ0n) is 26.1. The first kappa shape index (κ1) is 33.0. The first-order chi connectivity index (χ1) is 23.2. The van der Waals surface area contributed by atoms with E-state index in [-0.39, 0.29) is 28.8 Å². The second-order valence-corrected chi connectivity index (χ2v) is 13.8. The summed E-state index contributed by atoms with van der Waals surface area (Å²) in [7, 11) is -3.98. The van der Waals surface area contributed by atoms with Crippen LogP contribution in [-0.2, 0) is 29.3 Å². The number of aromatic hydroxyl groups is 1. The Morgan fingerprint density at radius 3 is 2.02 bits per heavy atom. The van der Waals surface area contributed by atoms with Crippen LogP contribution in [0.5, 0.6) is 5.75 Å². The van der Waals surface area contributed by atoms with E-state index < -0.39 is 16.0 Å². The Morgan fingerprint density at radius 1 is 0.771 bits per heavy atom. The van der Waals surface area contributed by atoms with E-state index in [1.807, 2.05) is 66.7 Å². The molecule has 0 aliphatic carbocycles. The molecular formula is C39H35ClN2O5S. The van der Waals surface area contributed by atoms with Gasteiger partial charge in [-0.1, -0.05) is 96.5 Å². The lowest BCUT2D eigenvalue weighted by Crippen LogP contribution is -2.27. The number of carboxylic acids is 1. The minimum atomic E-state index is -3.98. The van der Waals surface area contributed by atoms with Crippen LogP contribution in [-0.4, -0.2) is 35.7 Å². The smallest absolute Gasteiger partial charge is 0.335 e. The van der Waals surface area contributed by atoms with Crippen LogP contribution in [0.25, 0.3) is 10.9 Å². The van der Waals surface area contributed by atoms with Gasteiger partial charge in [0.05, 0.1) is 11.6 Å². The largest absolute Gasteiger partial charge is 0.507 e. The number of carboxylic acid groups (broad SMARTS) is 1. The van der Waals surface area contributed by atoms with Gasteiger partial charge in [0.2, 0.25) is 10.0 Å². The number of para-hydroxylation sites is 1. The van der Waals surface area contributed by atoms with Gasteiger partial charge >= 0.3 is 5.97 Å². The molecule has 0 aliphatic heterocycles. The Labute approximate surface area is 285 Å². The number of nitrogens with zero attached hydrogens (tertiary/aromatic N) is 1. The summed E-state index contributed by atoms with van der Waals surface area (Å²) in [4.78, 5) is 11.2. The van der Waals surface area contributed by atoms with Gasteiger partial charge in [0, 0.05) is 34.6 Å². The van der Waals surface area contributed by atoms with Crippen LogP contribution in [0.3, 0.4) is 0 Å². The molecule has 6 rings (SSSR count). The number of halogens is 1. The fourth-order valence-corrected chi connectivity index (χ4v) is 7.66. The Hall–Kier alpha value is -4.89. The quantitative estimate of drug-likeness (QED) is 0.115. The number of aromatic nitrogens is 1. The van der Waals surface area contributed by atoms with E-state index in [9.17, 15) is 23.4 Å². The molecule has 0 saturated carbocycles. The van der Waals surface area contributed by atoms with Crippen LogP contribution < -0.4 is 4.72 Å². The zero-order chi connectivity index (χ0) is 33.7. The summed E-state index contributed by atoms with van der Waals surface area (Å²) >= 11 is 6.61. The molecule has 1 heterocycles. The predicted molar refractivity (Wildman–Crippen MR) is 189 cm³/mol. The van der Waals surface area contributed by atoms with Crippen LogP contribution in [0.15, 0.2) is 132 Å². The fourth-order valence-electron chi connectivity index (χ4n) is 6.36. The molecule has 0 bridgehead atoms. The third-order valence-electron chi connectivity index (χ3n) is 8.57. The summed E-state index contributed by atoms with van der Waals surface area (Å²) in [6.45, 7) is 0.0979. The molecule has 6 aromatic rings. The molecular weight excluding hydrogens is 644 g/mol. The molecule has 7 nitrogen and oxygen atoms in total. The molecule has 0 fully saturated rings. The van der Waals surface area contributed by atoms with E-state index in [1.54, 1.807) is 24.3 Å². The van der Waals surface area contributed by atoms with Crippen LogP contribution in [0, 0.1) is 0 Å². The molecule has 0 spiro atoms. The third kappa shape index (κ3) is 7.16. The molecule has 0 saturated heterocycles. The molecule has 3 N–H and O–H groups in total. The fraction of sp³-hybridized carbons (Fsp3) is 0.154. The lowest BCUT2D eigenvalue weighted by molar-refractivity contribution is 0.0697. The van der Waals surface area contributed by atoms with Crippen LogP contribution in [0.1, 0.15) is 50.8 Å². The summed E-state index contributed by atoms with van der Waals surface area (Å²) in [6, 6.07) is 39.0. The average molecular weight is 679 g/mol. The highest BCUT2D eigenvalue weighted by Gasteiger charge is 2.26. The number of nitrogens with one attached hydrogen (secondary N) is 1. The molecule has 1 aromatic heterocycles. The van der Waals surface area contributed by atoms with Gasteiger partial charge in [0.25, 0.3) is 0 Å². The summed E-state index contributed by atoms with van der Waals surface area (Å²) < 4.78 is 31.6. The van der Waals surface area contributed by atoms with Gasteiger partial charge in [0.1, 0.15) is 10.6 Å². The van der Waals surface area contributed by atoms with Gasteiger partial charge in [-0.3, -0.25) is 0 Å². The van der Waals surface area contributed by atoms with E-state index in [0.29, 0.717) is 17.9 Å². The lowest BCUT2D eigenvalue weighted by atomic mass is 9.97. The second kappa shape index (κ2) is 14.5. The van der Waals surface area contributed by atoms with Crippen molar-refractivity contribution in [2.24, 2.45) is 0 Å². The van der Waals surface area contributed by atoms with Gasteiger partial charge in [-0.05, 0) is 84.0 Å². The number of hydrogen-bond donors (Lipinski definition) is 3. The molecule has 5 aromatic carbocycles. The van der Waals surface area contributed by atoms with E-state index in [1.165, 1.54) is 12.1 Å². The van der Waals surface area contributed by atoms with Crippen molar-refractivity contribution in [3.05, 3.63) is 166 Å². The van der Waals surface area contributed by atoms with Gasteiger partial charge in [-0.15, -0.1) is 0 Å². The maximum Gasteiger partial charge on any atom is 0.335 e. The van der Waals surface area contributed by atoms with Crippen molar-refractivity contribution in [2.75, 3.05) is 6.54 Å². The van der Waals surface area contributed by atoms with Crippen LogP contribution in [0.4, 0.5) is 0 Å². The number of rotatable bonds is 13. The Kier molecular flexibility index (Phi) is 9.96. The van der Waals surface area contributed by atoms with Gasteiger partial charge < -0.3 is 14.8 Å². The molecule has 0 amide bonds. The maximum absolute atomic E-state index is 13.3. The highest BCUT2D eigenvalue weighted by Crippen LogP contribution is 2.38. The number of aryl methyl sites for hydroxylation is 2. The number of phenols is 1. The van der Waals surface area contributed by atoms with Crippen molar-refractivity contribution in [1.29, 1.82) is 0 Å². The summed E-state index contributed by atoms with van der Waals surface area (Å²) in [5, 5.41) is 21.2. The lowest BCUT2D eigenvalue weighted by Gasteiger charge is -2.25. The molecule has 244 valence electrons. The minimum Gasteiger partial charge on any atom is -0.507 e. The Morgan fingerprint density at radius 2 is 1.40 bits per heavy atom. The van der Waals surface area contributed by atoms with Crippen molar-refractivity contribution in [3.8, 4) is 5.75 Å². The van der Waals surface area contributed by atoms with Gasteiger partial charge in [-0.25, -0.2) is 17.9 Å². The van der Waals surface area contributed by atoms with Crippen molar-refractivity contribution < 1.29 is 23.4 Å². The average Bonchev–Trinajstić information content (AvgIpc) is 3.37. The van der Waals surface area contributed by atoms with Crippen LogP contribution in [0.2, 0.25) is 5.02 Å². The Bertz CT molecular complexity index is 2110. The van der Waals surface area contributed by atoms with Crippen molar-refractivity contribution in [1.82, 2.24) is 9.29 Å². The van der Waals surface area contributed by atoms with E-state index in [0.717, 1.165) is 51.7 Å². The van der Waals surface area contributed by atoms with E-state index >= 15 is 0 Å². The number of hydrogen-bond acceptors (Lipinski definition) is 4. The third-order valence-corrected chi connectivity index (χ3v) is 10.3. The monoisotopic (exact) mass is 678 g/mol. The predicted octanol–water partition coefficient (Wildman–Crippen LogP) is 8.03. The topological polar surface area (TPSA) is 109 Å². The van der Waals surface area contributed by atoms with Gasteiger partial charge in [0.15, 0.2) is 0 Å². The molecule has 0 unspecified atom stereocenters. The normalized spacial score (nSPS) is 11.7. The summed E-state index contributed by atoms with van der Waals surface area (Å²) in [5.41, 5.74) is 6.48. The first-order valence-electron chi connectivity index (χ1n) is 15.7. The highest BCUT2D eigenvalue weighted by molar-refractivity contribution is 7.89. The number of aromatic carboxylic acids is 1. The number of fused-ring (bicyclic) bond motifs is 1. The van der Waals surface area contributed by atoms with Crippen molar-refractivity contribution >= 4 is 38.5 Å². The van der Waals surface area contributed by atoms with Crippen molar-refractivity contribution in [3.63, 3.8) is 0 Å². The molecule has 0 atom stereocenters. The van der Waals surface area contributed by atoms with Gasteiger partial charge in [-0.2, -0.15) is 0 Å².